The van der Waals surface area contributed by atoms with Crippen molar-refractivity contribution in [1.82, 2.24) is 25.5 Å². The van der Waals surface area contributed by atoms with Crippen LogP contribution in [0.4, 0.5) is 10.5 Å². The van der Waals surface area contributed by atoms with E-state index in [1.807, 2.05) is 38.1 Å². The van der Waals surface area contributed by atoms with Gasteiger partial charge in [0.25, 0.3) is 0 Å². The first kappa shape index (κ1) is 16.3. The second-order valence-electron chi connectivity index (χ2n) is 5.55. The maximum Gasteiger partial charge on any atom is 0.319 e. The van der Waals surface area contributed by atoms with Crippen LogP contribution < -0.4 is 10.6 Å². The maximum absolute atomic E-state index is 11.8. The third-order valence-corrected chi connectivity index (χ3v) is 4.27. The van der Waals surface area contributed by atoms with Crippen molar-refractivity contribution in [3.63, 3.8) is 0 Å². The van der Waals surface area contributed by atoms with Gasteiger partial charge >= 0.3 is 6.03 Å². The molecule has 2 heterocycles. The number of urea groups is 1. The number of H-pyrrole nitrogens is 1. The summed E-state index contributed by atoms with van der Waals surface area (Å²) < 4.78 is 0. The molecule has 0 aliphatic carbocycles. The van der Waals surface area contributed by atoms with Gasteiger partial charge in [0.15, 0.2) is 5.65 Å². The van der Waals surface area contributed by atoms with E-state index in [1.165, 1.54) is 6.33 Å². The van der Waals surface area contributed by atoms with Gasteiger partial charge in [-0.3, -0.25) is 5.10 Å². The Hall–Kier alpha value is -2.61. The number of thioether (sulfide) groups is 1. The zero-order chi connectivity index (χ0) is 16.9. The molecule has 0 atom stereocenters. The molecule has 3 aromatic rings. The van der Waals surface area contributed by atoms with Crippen LogP contribution in [-0.4, -0.2) is 32.2 Å². The number of carbonyl (C=O) groups excluding carboxylic acids is 1. The molecule has 124 valence electrons. The lowest BCUT2D eigenvalue weighted by atomic mass is 10.2. The molecule has 0 aliphatic heterocycles. The van der Waals surface area contributed by atoms with Crippen LogP contribution in [0, 0.1) is 0 Å². The summed E-state index contributed by atoms with van der Waals surface area (Å²) in [7, 11) is 0. The maximum atomic E-state index is 11.8. The predicted octanol–water partition coefficient (Wildman–Crippen LogP) is 3.18. The van der Waals surface area contributed by atoms with E-state index in [0.29, 0.717) is 0 Å². The molecule has 3 rings (SSSR count). The summed E-state index contributed by atoms with van der Waals surface area (Å²) in [6, 6.07) is 7.67. The molecule has 0 radical (unpaired) electrons. The molecule has 0 saturated carbocycles. The second-order valence-corrected chi connectivity index (χ2v) is 6.52. The summed E-state index contributed by atoms with van der Waals surface area (Å²) in [4.78, 5) is 20.2. The highest BCUT2D eigenvalue weighted by atomic mass is 32.2. The Morgan fingerprint density at radius 2 is 2.21 bits per heavy atom. The highest BCUT2D eigenvalue weighted by Crippen LogP contribution is 2.27. The normalized spacial score (nSPS) is 11.0. The van der Waals surface area contributed by atoms with Crippen molar-refractivity contribution >= 4 is 34.5 Å². The molecule has 24 heavy (non-hydrogen) atoms. The van der Waals surface area contributed by atoms with Gasteiger partial charge in [-0.25, -0.2) is 14.8 Å². The molecule has 0 unspecified atom stereocenters. The smallest absolute Gasteiger partial charge is 0.319 e. The Kier molecular flexibility index (Phi) is 4.95. The summed E-state index contributed by atoms with van der Waals surface area (Å²) in [6.07, 6.45) is 3.25. The molecule has 0 fully saturated rings. The van der Waals surface area contributed by atoms with Crippen molar-refractivity contribution in [3.8, 4) is 0 Å². The zero-order valence-electron chi connectivity index (χ0n) is 13.4. The number of hydrogen-bond acceptors (Lipinski definition) is 5. The third-order valence-electron chi connectivity index (χ3n) is 3.19. The van der Waals surface area contributed by atoms with Crippen LogP contribution in [-0.2, 0) is 5.75 Å². The highest BCUT2D eigenvalue weighted by molar-refractivity contribution is 7.98. The lowest BCUT2D eigenvalue weighted by Crippen LogP contribution is -2.34. The first-order valence-corrected chi connectivity index (χ1v) is 8.53. The second kappa shape index (κ2) is 7.31. The zero-order valence-corrected chi connectivity index (χ0v) is 14.2. The van der Waals surface area contributed by atoms with Crippen molar-refractivity contribution in [2.45, 2.75) is 30.7 Å². The Labute approximate surface area is 143 Å². The van der Waals surface area contributed by atoms with Crippen LogP contribution in [0.1, 0.15) is 19.4 Å². The average Bonchev–Trinajstić information content (AvgIpc) is 3.01. The van der Waals surface area contributed by atoms with Crippen LogP contribution >= 0.6 is 11.8 Å². The first-order chi connectivity index (χ1) is 11.6. The van der Waals surface area contributed by atoms with Crippen LogP contribution in [0.25, 0.3) is 11.0 Å². The van der Waals surface area contributed by atoms with E-state index in [-0.39, 0.29) is 12.1 Å². The molecule has 1 aromatic carbocycles. The number of aromatic amines is 1. The fourth-order valence-electron chi connectivity index (χ4n) is 2.18. The van der Waals surface area contributed by atoms with Gasteiger partial charge < -0.3 is 10.6 Å². The van der Waals surface area contributed by atoms with E-state index in [0.717, 1.165) is 33.1 Å². The third kappa shape index (κ3) is 4.02. The minimum absolute atomic E-state index is 0.0962. The van der Waals surface area contributed by atoms with Gasteiger partial charge in [-0.05, 0) is 31.5 Å². The molecule has 0 bridgehead atoms. The van der Waals surface area contributed by atoms with Crippen LogP contribution in [0.15, 0.2) is 41.8 Å². The van der Waals surface area contributed by atoms with Gasteiger partial charge in [0.1, 0.15) is 11.4 Å². The monoisotopic (exact) mass is 342 g/mol. The van der Waals surface area contributed by atoms with E-state index >= 15 is 0 Å². The standard InChI is InChI=1S/C16H18N6OS/c1-10(2)20-16(23)21-12-5-3-4-11(6-12)8-24-15-13-7-19-22-14(13)17-9-18-15/h3-7,9-10H,8H2,1-2H3,(H2,20,21,23)(H,17,18,19,22). The van der Waals surface area contributed by atoms with E-state index in [4.69, 9.17) is 0 Å². The number of nitrogens with zero attached hydrogens (tertiary/aromatic N) is 3. The number of rotatable bonds is 5. The quantitative estimate of drug-likeness (QED) is 0.489. The van der Waals surface area contributed by atoms with E-state index in [9.17, 15) is 4.79 Å². The summed E-state index contributed by atoms with van der Waals surface area (Å²) >= 11 is 1.61. The fraction of sp³-hybridized carbons (Fsp3) is 0.250. The summed E-state index contributed by atoms with van der Waals surface area (Å²) in [5.41, 5.74) is 2.59. The first-order valence-electron chi connectivity index (χ1n) is 7.55. The van der Waals surface area contributed by atoms with Crippen molar-refractivity contribution < 1.29 is 4.79 Å². The lowest BCUT2D eigenvalue weighted by molar-refractivity contribution is 0.250. The van der Waals surface area contributed by atoms with Crippen molar-refractivity contribution in [2.24, 2.45) is 0 Å². The molecular formula is C16H18N6OS. The molecule has 8 heteroatoms. The van der Waals surface area contributed by atoms with Crippen LogP contribution in [0.5, 0.6) is 0 Å². The number of aromatic nitrogens is 4. The molecule has 3 N–H and O–H groups in total. The number of amides is 2. The van der Waals surface area contributed by atoms with Crippen LogP contribution in [0.3, 0.4) is 0 Å². The van der Waals surface area contributed by atoms with Gasteiger partial charge in [0.2, 0.25) is 0 Å². The molecular weight excluding hydrogens is 324 g/mol. The average molecular weight is 342 g/mol. The molecule has 0 spiro atoms. The van der Waals surface area contributed by atoms with Crippen molar-refractivity contribution in [1.29, 1.82) is 0 Å². The Bertz CT molecular complexity index is 847. The SMILES string of the molecule is CC(C)NC(=O)Nc1cccc(CSc2ncnc3[nH]ncc23)c1. The van der Waals surface area contributed by atoms with E-state index in [1.54, 1.807) is 18.0 Å². The molecule has 0 aliphatic rings. The van der Waals surface area contributed by atoms with Crippen molar-refractivity contribution in [2.75, 3.05) is 5.32 Å². The summed E-state index contributed by atoms with van der Waals surface area (Å²) in [5.74, 6) is 0.735. The molecule has 2 amide bonds. The number of fused-ring (bicyclic) bond motifs is 1. The van der Waals surface area contributed by atoms with Crippen LogP contribution in [0.2, 0.25) is 0 Å². The molecule has 7 nitrogen and oxygen atoms in total. The predicted molar refractivity (Wildman–Crippen MR) is 95.0 cm³/mol. The van der Waals surface area contributed by atoms with Gasteiger partial charge in [-0.1, -0.05) is 12.1 Å². The van der Waals surface area contributed by atoms with E-state index < -0.39 is 0 Å². The molecule has 0 saturated heterocycles. The minimum atomic E-state index is -0.203. The van der Waals surface area contributed by atoms with Gasteiger partial charge in [-0.15, -0.1) is 11.8 Å². The number of carbonyl (C=O) groups is 1. The minimum Gasteiger partial charge on any atom is -0.336 e. The number of anilines is 1. The fourth-order valence-corrected chi connectivity index (χ4v) is 3.09. The summed E-state index contributed by atoms with van der Waals surface area (Å²) in [6.45, 7) is 3.84. The van der Waals surface area contributed by atoms with Crippen molar-refractivity contribution in [3.05, 3.63) is 42.4 Å². The Morgan fingerprint density at radius 1 is 1.33 bits per heavy atom. The number of hydrogen-bond donors (Lipinski definition) is 3. The number of benzene rings is 1. The van der Waals surface area contributed by atoms with Gasteiger partial charge in [0, 0.05) is 17.5 Å². The lowest BCUT2D eigenvalue weighted by Gasteiger charge is -2.11. The Morgan fingerprint density at radius 3 is 3.04 bits per heavy atom. The largest absolute Gasteiger partial charge is 0.336 e. The van der Waals surface area contributed by atoms with E-state index in [2.05, 4.69) is 30.8 Å². The summed E-state index contributed by atoms with van der Waals surface area (Å²) in [5, 5.41) is 14.3. The number of nitrogens with one attached hydrogen (secondary N) is 3. The Balaban J connectivity index is 1.66. The highest BCUT2D eigenvalue weighted by Gasteiger charge is 2.07. The van der Waals surface area contributed by atoms with Gasteiger partial charge in [0.05, 0.1) is 11.6 Å². The van der Waals surface area contributed by atoms with Gasteiger partial charge in [-0.2, -0.15) is 5.10 Å². The topological polar surface area (TPSA) is 95.6 Å². The molecule has 2 aromatic heterocycles.